The van der Waals surface area contributed by atoms with E-state index in [4.69, 9.17) is 11.6 Å². The summed E-state index contributed by atoms with van der Waals surface area (Å²) in [6, 6.07) is 5.57. The van der Waals surface area contributed by atoms with E-state index in [-0.39, 0.29) is 6.61 Å². The number of hydrogen-bond donors (Lipinski definition) is 1. The van der Waals surface area contributed by atoms with Crippen molar-refractivity contribution in [3.8, 4) is 0 Å². The molecule has 1 N–H and O–H groups in total. The summed E-state index contributed by atoms with van der Waals surface area (Å²) in [6.45, 7) is 0.938. The number of benzene rings is 1. The Morgan fingerprint density at radius 1 is 1.25 bits per heavy atom. The average Bonchev–Trinajstić information content (AvgIpc) is 2.69. The number of hydrogen-bond acceptors (Lipinski definition) is 4. The molecule has 1 aromatic heterocycles. The van der Waals surface area contributed by atoms with E-state index in [0.717, 1.165) is 40.8 Å². The van der Waals surface area contributed by atoms with E-state index in [0.29, 0.717) is 5.02 Å². The fourth-order valence-corrected chi connectivity index (χ4v) is 3.73. The van der Waals surface area contributed by atoms with Gasteiger partial charge in [-0.3, -0.25) is 0 Å². The maximum atomic E-state index is 9.44. The SMILES string of the molecule is OCc1cccc(Cl)c1Sc1nnc2n1CCCCC2. The van der Waals surface area contributed by atoms with Crippen LogP contribution in [0.5, 0.6) is 0 Å². The van der Waals surface area contributed by atoms with Crippen LogP contribution in [0, 0.1) is 0 Å². The number of fused-ring (bicyclic) bond motifs is 1. The van der Waals surface area contributed by atoms with E-state index >= 15 is 0 Å². The van der Waals surface area contributed by atoms with Crippen LogP contribution in [0.3, 0.4) is 0 Å². The second-order valence-corrected chi connectivity index (χ2v) is 6.23. The van der Waals surface area contributed by atoms with E-state index in [1.54, 1.807) is 0 Å². The topological polar surface area (TPSA) is 50.9 Å². The summed E-state index contributed by atoms with van der Waals surface area (Å²) < 4.78 is 2.18. The minimum Gasteiger partial charge on any atom is -0.392 e. The lowest BCUT2D eigenvalue weighted by Crippen LogP contribution is -2.02. The highest BCUT2D eigenvalue weighted by Crippen LogP contribution is 2.36. The van der Waals surface area contributed by atoms with E-state index in [9.17, 15) is 5.11 Å². The third-order valence-electron chi connectivity index (χ3n) is 3.49. The maximum absolute atomic E-state index is 9.44. The smallest absolute Gasteiger partial charge is 0.196 e. The van der Waals surface area contributed by atoms with Gasteiger partial charge in [-0.25, -0.2) is 0 Å². The van der Waals surface area contributed by atoms with Gasteiger partial charge in [0.15, 0.2) is 5.16 Å². The first kappa shape index (κ1) is 13.9. The lowest BCUT2D eigenvalue weighted by atomic mass is 10.2. The van der Waals surface area contributed by atoms with Crippen LogP contribution in [0.2, 0.25) is 5.02 Å². The molecular formula is C14H16ClN3OS. The molecule has 0 amide bonds. The van der Waals surface area contributed by atoms with Crippen LogP contribution in [-0.4, -0.2) is 19.9 Å². The van der Waals surface area contributed by atoms with E-state index in [1.165, 1.54) is 24.6 Å². The first-order chi connectivity index (χ1) is 9.79. The summed E-state index contributed by atoms with van der Waals surface area (Å²) in [6.07, 6.45) is 4.56. The van der Waals surface area contributed by atoms with Crippen molar-refractivity contribution in [3.05, 3.63) is 34.6 Å². The summed E-state index contributed by atoms with van der Waals surface area (Å²) in [5.74, 6) is 1.06. The van der Waals surface area contributed by atoms with Gasteiger partial charge in [0.05, 0.1) is 11.6 Å². The Balaban J connectivity index is 1.94. The van der Waals surface area contributed by atoms with Gasteiger partial charge in [-0.1, -0.05) is 30.2 Å². The van der Waals surface area contributed by atoms with Crippen molar-refractivity contribution in [2.45, 2.75) is 48.9 Å². The molecule has 0 saturated carbocycles. The van der Waals surface area contributed by atoms with Gasteiger partial charge in [-0.2, -0.15) is 0 Å². The second kappa shape index (κ2) is 6.16. The Kier molecular flexibility index (Phi) is 4.29. The van der Waals surface area contributed by atoms with Crippen LogP contribution in [0.4, 0.5) is 0 Å². The molecule has 0 bridgehead atoms. The number of aliphatic hydroxyl groups excluding tert-OH is 1. The molecular weight excluding hydrogens is 294 g/mol. The minimum absolute atomic E-state index is 0.0239. The van der Waals surface area contributed by atoms with Crippen molar-refractivity contribution in [1.29, 1.82) is 0 Å². The number of nitrogens with zero attached hydrogens (tertiary/aromatic N) is 3. The molecule has 0 radical (unpaired) electrons. The Bertz CT molecular complexity index is 614. The number of aryl methyl sites for hydroxylation is 1. The summed E-state index contributed by atoms with van der Waals surface area (Å²) in [5.41, 5.74) is 0.827. The zero-order valence-corrected chi connectivity index (χ0v) is 12.6. The predicted octanol–water partition coefficient (Wildman–Crippen LogP) is 3.30. The maximum Gasteiger partial charge on any atom is 0.196 e. The Morgan fingerprint density at radius 2 is 2.15 bits per heavy atom. The van der Waals surface area contributed by atoms with Gasteiger partial charge in [0.1, 0.15) is 5.82 Å². The largest absolute Gasteiger partial charge is 0.392 e. The molecule has 2 aromatic rings. The standard InChI is InChI=1S/C14H16ClN3OS/c15-11-6-4-5-10(9-19)13(11)20-14-17-16-12-7-2-1-3-8-18(12)14/h4-6,19H,1-3,7-9H2. The van der Waals surface area contributed by atoms with Gasteiger partial charge in [0, 0.05) is 17.9 Å². The zero-order valence-electron chi connectivity index (χ0n) is 11.0. The summed E-state index contributed by atoms with van der Waals surface area (Å²) in [5, 5.41) is 19.5. The van der Waals surface area contributed by atoms with Gasteiger partial charge < -0.3 is 9.67 Å². The fourth-order valence-electron chi connectivity index (χ4n) is 2.42. The highest BCUT2D eigenvalue weighted by atomic mass is 35.5. The monoisotopic (exact) mass is 309 g/mol. The molecule has 1 aliphatic heterocycles. The van der Waals surface area contributed by atoms with Gasteiger partial charge in [0.2, 0.25) is 0 Å². The van der Waals surface area contributed by atoms with Crippen LogP contribution in [0.25, 0.3) is 0 Å². The van der Waals surface area contributed by atoms with Crippen molar-refractivity contribution in [2.24, 2.45) is 0 Å². The highest BCUT2D eigenvalue weighted by molar-refractivity contribution is 7.99. The number of aliphatic hydroxyl groups is 1. The van der Waals surface area contributed by atoms with E-state index < -0.39 is 0 Å². The summed E-state index contributed by atoms with van der Waals surface area (Å²) in [7, 11) is 0. The van der Waals surface area contributed by atoms with Crippen molar-refractivity contribution >= 4 is 23.4 Å². The summed E-state index contributed by atoms with van der Waals surface area (Å²) in [4.78, 5) is 0.871. The van der Waals surface area contributed by atoms with Crippen LogP contribution in [-0.2, 0) is 19.6 Å². The Morgan fingerprint density at radius 3 is 3.00 bits per heavy atom. The third kappa shape index (κ3) is 2.71. The number of halogens is 1. The van der Waals surface area contributed by atoms with Crippen molar-refractivity contribution < 1.29 is 5.11 Å². The third-order valence-corrected chi connectivity index (χ3v) is 5.09. The molecule has 0 saturated heterocycles. The van der Waals surface area contributed by atoms with Crippen molar-refractivity contribution in [1.82, 2.24) is 14.8 Å². The molecule has 0 aliphatic carbocycles. The lowest BCUT2D eigenvalue weighted by Gasteiger charge is -2.10. The molecule has 1 aliphatic rings. The first-order valence-electron chi connectivity index (χ1n) is 6.78. The van der Waals surface area contributed by atoms with Gasteiger partial charge >= 0.3 is 0 Å². The zero-order chi connectivity index (χ0) is 13.9. The van der Waals surface area contributed by atoms with Gasteiger partial charge in [-0.05, 0) is 36.2 Å². The normalized spacial score (nSPS) is 14.9. The lowest BCUT2D eigenvalue weighted by molar-refractivity contribution is 0.279. The van der Waals surface area contributed by atoms with Crippen LogP contribution in [0.1, 0.15) is 30.7 Å². The summed E-state index contributed by atoms with van der Waals surface area (Å²) >= 11 is 7.74. The van der Waals surface area contributed by atoms with Gasteiger partial charge in [-0.15, -0.1) is 10.2 Å². The molecule has 4 nitrogen and oxygen atoms in total. The molecule has 106 valence electrons. The highest BCUT2D eigenvalue weighted by Gasteiger charge is 2.17. The van der Waals surface area contributed by atoms with E-state index in [2.05, 4.69) is 14.8 Å². The molecule has 0 unspecified atom stereocenters. The minimum atomic E-state index is -0.0239. The molecule has 0 spiro atoms. The predicted molar refractivity (Wildman–Crippen MR) is 79.1 cm³/mol. The quantitative estimate of drug-likeness (QED) is 0.945. The van der Waals surface area contributed by atoms with Crippen LogP contribution < -0.4 is 0 Å². The average molecular weight is 310 g/mol. The molecule has 6 heteroatoms. The van der Waals surface area contributed by atoms with Crippen LogP contribution >= 0.6 is 23.4 Å². The number of rotatable bonds is 3. The molecule has 2 heterocycles. The molecule has 1 aromatic carbocycles. The molecule has 3 rings (SSSR count). The first-order valence-corrected chi connectivity index (χ1v) is 7.97. The molecule has 0 fully saturated rings. The number of aromatic nitrogens is 3. The van der Waals surface area contributed by atoms with Crippen LogP contribution in [0.15, 0.2) is 28.3 Å². The Hall–Kier alpha value is -1.04. The second-order valence-electron chi connectivity index (χ2n) is 4.85. The molecule has 0 atom stereocenters. The van der Waals surface area contributed by atoms with Gasteiger partial charge in [0.25, 0.3) is 0 Å². The fraction of sp³-hybridized carbons (Fsp3) is 0.429. The van der Waals surface area contributed by atoms with E-state index in [1.807, 2.05) is 18.2 Å². The Labute approximate surface area is 127 Å². The van der Waals surface area contributed by atoms with Crippen molar-refractivity contribution in [2.75, 3.05) is 0 Å². The van der Waals surface area contributed by atoms with Crippen molar-refractivity contribution in [3.63, 3.8) is 0 Å². The molecule has 20 heavy (non-hydrogen) atoms.